The van der Waals surface area contributed by atoms with E-state index >= 15 is 0 Å². The quantitative estimate of drug-likeness (QED) is 0.632. The van der Waals surface area contributed by atoms with Crippen LogP contribution in [0.3, 0.4) is 0 Å². The van der Waals surface area contributed by atoms with E-state index in [1.807, 2.05) is 0 Å². The fraction of sp³-hybridized carbons (Fsp3) is 0.462. The molecule has 1 rings (SSSR count). The Kier molecular flexibility index (Phi) is 4.86. The van der Waals surface area contributed by atoms with E-state index in [1.165, 1.54) is 0 Å². The number of benzene rings is 1. The second-order valence-electron chi connectivity index (χ2n) is 3.82. The summed E-state index contributed by atoms with van der Waals surface area (Å²) in [5, 5.41) is 18.7. The number of ether oxygens (including phenoxy) is 3. The minimum atomic E-state index is -1.53. The molecule has 0 heterocycles. The first-order valence-electron chi connectivity index (χ1n) is 5.96. The Labute approximate surface area is 111 Å². The average Bonchev–Trinajstić information content (AvgIpc) is 2.36. The summed E-state index contributed by atoms with van der Waals surface area (Å²) >= 11 is 0. The van der Waals surface area contributed by atoms with Gasteiger partial charge in [-0.3, -0.25) is 0 Å². The summed E-state index contributed by atoms with van der Waals surface area (Å²) in [6.07, 6.45) is -1.53. The van der Waals surface area contributed by atoms with E-state index in [2.05, 4.69) is 4.74 Å². The Morgan fingerprint density at radius 2 is 1.53 bits per heavy atom. The highest BCUT2D eigenvalue weighted by molar-refractivity contribution is 5.71. The molecule has 0 bridgehead atoms. The van der Waals surface area contributed by atoms with Crippen LogP contribution in [0.25, 0.3) is 0 Å². The van der Waals surface area contributed by atoms with Gasteiger partial charge in [0, 0.05) is 11.1 Å². The van der Waals surface area contributed by atoms with Gasteiger partial charge in [-0.2, -0.15) is 0 Å². The molecule has 1 aromatic rings. The molecule has 0 aliphatic carbocycles. The molecule has 0 fully saturated rings. The summed E-state index contributed by atoms with van der Waals surface area (Å²) in [5.41, 5.74) is 1.17. The van der Waals surface area contributed by atoms with Crippen LogP contribution < -0.4 is 14.2 Å². The van der Waals surface area contributed by atoms with E-state index in [0.29, 0.717) is 23.5 Å². The third kappa shape index (κ3) is 3.01. The smallest absolute Gasteiger partial charge is 0.504 e. The highest BCUT2D eigenvalue weighted by atomic mass is 16.7. The van der Waals surface area contributed by atoms with Crippen LogP contribution in [-0.4, -0.2) is 29.6 Å². The molecule has 106 valence electrons. The lowest BCUT2D eigenvalue weighted by molar-refractivity contribution is 0.139. The lowest BCUT2D eigenvalue weighted by atomic mass is 10.1. The Bertz CT molecular complexity index is 481. The third-order valence-corrected chi connectivity index (χ3v) is 2.65. The highest BCUT2D eigenvalue weighted by Gasteiger charge is 2.25. The average molecular weight is 270 g/mol. The highest BCUT2D eigenvalue weighted by Crippen LogP contribution is 2.48. The molecule has 19 heavy (non-hydrogen) atoms. The number of carboxylic acid groups (broad SMARTS) is 1. The third-order valence-electron chi connectivity index (χ3n) is 2.65. The fourth-order valence-corrected chi connectivity index (χ4v) is 1.67. The first-order valence-corrected chi connectivity index (χ1v) is 5.96. The maximum Gasteiger partial charge on any atom is 0.511 e. The SMILES string of the molecule is CCOc1c(C)c(C)c(O)c(OC(=O)O)c1OCC. The van der Waals surface area contributed by atoms with E-state index in [9.17, 15) is 9.90 Å². The van der Waals surface area contributed by atoms with E-state index in [4.69, 9.17) is 14.6 Å². The molecule has 0 unspecified atom stereocenters. The van der Waals surface area contributed by atoms with Crippen molar-refractivity contribution in [1.82, 2.24) is 0 Å². The van der Waals surface area contributed by atoms with Crippen LogP contribution in [0.2, 0.25) is 0 Å². The summed E-state index contributed by atoms with van der Waals surface area (Å²) in [7, 11) is 0. The number of hydrogen-bond acceptors (Lipinski definition) is 5. The molecule has 0 aromatic heterocycles. The Balaban J connectivity index is 3.52. The van der Waals surface area contributed by atoms with Gasteiger partial charge in [-0.15, -0.1) is 0 Å². The van der Waals surface area contributed by atoms with Gasteiger partial charge in [0.15, 0.2) is 11.5 Å². The molecule has 2 N–H and O–H groups in total. The van der Waals surface area contributed by atoms with Gasteiger partial charge in [0.05, 0.1) is 13.2 Å². The van der Waals surface area contributed by atoms with Gasteiger partial charge in [0.25, 0.3) is 0 Å². The molecule has 0 saturated heterocycles. The van der Waals surface area contributed by atoms with Crippen molar-refractivity contribution in [2.45, 2.75) is 27.7 Å². The molecule has 0 aliphatic rings. The topological polar surface area (TPSA) is 85.2 Å². The van der Waals surface area contributed by atoms with Crippen LogP contribution >= 0.6 is 0 Å². The number of aromatic hydroxyl groups is 1. The minimum Gasteiger partial charge on any atom is -0.504 e. The Hall–Kier alpha value is -2.11. The fourth-order valence-electron chi connectivity index (χ4n) is 1.67. The number of phenolic OH excluding ortho intramolecular Hbond substituents is 1. The predicted octanol–water partition coefficient (Wildman–Crippen LogP) is 2.86. The second kappa shape index (κ2) is 6.17. The zero-order chi connectivity index (χ0) is 14.6. The predicted molar refractivity (Wildman–Crippen MR) is 68.6 cm³/mol. The summed E-state index contributed by atoms with van der Waals surface area (Å²) in [4.78, 5) is 10.7. The van der Waals surface area contributed by atoms with Gasteiger partial charge < -0.3 is 24.4 Å². The van der Waals surface area contributed by atoms with Crippen LogP contribution in [-0.2, 0) is 0 Å². The van der Waals surface area contributed by atoms with Crippen molar-refractivity contribution in [3.8, 4) is 23.0 Å². The molecule has 0 saturated carbocycles. The lowest BCUT2D eigenvalue weighted by Gasteiger charge is -2.19. The van der Waals surface area contributed by atoms with Crippen molar-refractivity contribution in [1.29, 1.82) is 0 Å². The van der Waals surface area contributed by atoms with Crippen LogP contribution in [0.5, 0.6) is 23.0 Å². The first kappa shape index (κ1) is 14.9. The second-order valence-corrected chi connectivity index (χ2v) is 3.82. The lowest BCUT2D eigenvalue weighted by Crippen LogP contribution is -2.09. The Morgan fingerprint density at radius 3 is 2.00 bits per heavy atom. The van der Waals surface area contributed by atoms with Crippen molar-refractivity contribution >= 4 is 6.16 Å². The van der Waals surface area contributed by atoms with Gasteiger partial charge in [0.1, 0.15) is 0 Å². The molecule has 6 nitrogen and oxygen atoms in total. The molecule has 6 heteroatoms. The summed E-state index contributed by atoms with van der Waals surface area (Å²) in [6.45, 7) is 7.63. The molecule has 0 spiro atoms. The summed E-state index contributed by atoms with van der Waals surface area (Å²) in [6, 6.07) is 0. The van der Waals surface area contributed by atoms with Gasteiger partial charge in [-0.25, -0.2) is 4.79 Å². The maximum absolute atomic E-state index is 10.7. The van der Waals surface area contributed by atoms with Gasteiger partial charge in [-0.1, -0.05) is 0 Å². The van der Waals surface area contributed by atoms with Crippen LogP contribution in [0.1, 0.15) is 25.0 Å². The van der Waals surface area contributed by atoms with Gasteiger partial charge in [-0.05, 0) is 27.7 Å². The van der Waals surface area contributed by atoms with E-state index in [-0.39, 0.29) is 23.9 Å². The molecular weight excluding hydrogens is 252 g/mol. The molecule has 0 atom stereocenters. The van der Waals surface area contributed by atoms with Crippen molar-refractivity contribution in [2.24, 2.45) is 0 Å². The van der Waals surface area contributed by atoms with Gasteiger partial charge >= 0.3 is 6.16 Å². The largest absolute Gasteiger partial charge is 0.511 e. The Morgan fingerprint density at radius 1 is 1.00 bits per heavy atom. The first-order chi connectivity index (χ1) is 8.93. The van der Waals surface area contributed by atoms with Crippen molar-refractivity contribution in [3.63, 3.8) is 0 Å². The normalized spacial score (nSPS) is 10.1. The summed E-state index contributed by atoms with van der Waals surface area (Å²) < 4.78 is 15.4. The molecule has 0 amide bonds. The number of rotatable bonds is 5. The van der Waals surface area contributed by atoms with E-state index < -0.39 is 6.16 Å². The van der Waals surface area contributed by atoms with Crippen molar-refractivity contribution in [3.05, 3.63) is 11.1 Å². The number of phenols is 1. The monoisotopic (exact) mass is 270 g/mol. The number of hydrogen-bond donors (Lipinski definition) is 2. The molecular formula is C13H18O6. The standard InChI is InChI=1S/C13H18O6/c1-5-17-10-8(4)7(3)9(14)11(19-13(15)16)12(10)18-6-2/h14H,5-6H2,1-4H3,(H,15,16). The van der Waals surface area contributed by atoms with Gasteiger partial charge in [0.2, 0.25) is 11.5 Å². The maximum atomic E-state index is 10.7. The van der Waals surface area contributed by atoms with E-state index in [0.717, 1.165) is 0 Å². The molecule has 0 aliphatic heterocycles. The van der Waals surface area contributed by atoms with Crippen LogP contribution in [0.4, 0.5) is 4.79 Å². The summed E-state index contributed by atoms with van der Waals surface area (Å²) in [5.74, 6) is -0.00375. The van der Waals surface area contributed by atoms with Crippen molar-refractivity contribution in [2.75, 3.05) is 13.2 Å². The van der Waals surface area contributed by atoms with E-state index in [1.54, 1.807) is 27.7 Å². The van der Waals surface area contributed by atoms with Crippen molar-refractivity contribution < 1.29 is 29.2 Å². The van der Waals surface area contributed by atoms with Crippen LogP contribution in [0.15, 0.2) is 0 Å². The molecule has 0 radical (unpaired) electrons. The zero-order valence-electron chi connectivity index (χ0n) is 11.4. The zero-order valence-corrected chi connectivity index (χ0v) is 11.4. The number of carbonyl (C=O) groups is 1. The minimum absolute atomic E-state index is 0.104. The van der Waals surface area contributed by atoms with Crippen LogP contribution in [0, 0.1) is 13.8 Å². The molecule has 1 aromatic carbocycles.